The highest BCUT2D eigenvalue weighted by atomic mass is 79.9. The van der Waals surface area contributed by atoms with E-state index in [0.717, 1.165) is 20.8 Å². The summed E-state index contributed by atoms with van der Waals surface area (Å²) in [7, 11) is 0. The lowest BCUT2D eigenvalue weighted by Crippen LogP contribution is -2.41. The third-order valence-corrected chi connectivity index (χ3v) is 6.45. The summed E-state index contributed by atoms with van der Waals surface area (Å²) in [5.74, 6) is -0.761. The third kappa shape index (κ3) is 3.53. The Labute approximate surface area is 194 Å². The smallest absolute Gasteiger partial charge is 0.264 e. The molecule has 0 unspecified atom stereocenters. The summed E-state index contributed by atoms with van der Waals surface area (Å²) in [6, 6.07) is 28.2. The molecule has 1 aliphatic heterocycles. The van der Waals surface area contributed by atoms with E-state index in [1.807, 2.05) is 60.7 Å². The lowest BCUT2D eigenvalue weighted by atomic mass is 9.88. The number of hydrogen-bond acceptors (Lipinski definition) is 3. The monoisotopic (exact) mass is 485 g/mol. The fourth-order valence-corrected chi connectivity index (χ4v) is 4.69. The number of Topliss-reactive ketones (excluding diaryl/α,β-unsaturated/α-hetero) is 1. The van der Waals surface area contributed by atoms with Crippen LogP contribution in [0.2, 0.25) is 0 Å². The van der Waals surface area contributed by atoms with Crippen molar-refractivity contribution in [3.05, 3.63) is 112 Å². The number of hydrogen-bond donors (Lipinski definition) is 1. The third-order valence-electron chi connectivity index (χ3n) is 5.96. The van der Waals surface area contributed by atoms with Crippen LogP contribution in [0.5, 0.6) is 0 Å². The number of halogens is 1. The number of carbonyl (C=O) groups is 2. The van der Waals surface area contributed by atoms with Crippen LogP contribution in [0.15, 0.2) is 95.5 Å². The molecule has 0 bridgehead atoms. The number of anilines is 1. The number of benzene rings is 4. The van der Waals surface area contributed by atoms with Crippen molar-refractivity contribution in [2.75, 3.05) is 4.90 Å². The molecular weight excluding hydrogens is 466 g/mol. The normalized spacial score (nSPS) is 17.6. The summed E-state index contributed by atoms with van der Waals surface area (Å²) in [5.41, 5.74) is 0.572. The number of ketones is 1. The van der Waals surface area contributed by atoms with E-state index in [4.69, 9.17) is 0 Å². The predicted molar refractivity (Wildman–Crippen MR) is 129 cm³/mol. The van der Waals surface area contributed by atoms with E-state index in [-0.39, 0.29) is 12.2 Å². The minimum Gasteiger partial charge on any atom is -0.375 e. The fraction of sp³-hybridized carbons (Fsp3) is 0.111. The van der Waals surface area contributed by atoms with Gasteiger partial charge in [0.2, 0.25) is 0 Å². The first-order valence-corrected chi connectivity index (χ1v) is 11.2. The molecule has 0 saturated heterocycles. The summed E-state index contributed by atoms with van der Waals surface area (Å²) in [4.78, 5) is 28.0. The molecule has 4 aromatic rings. The van der Waals surface area contributed by atoms with Crippen LogP contribution in [-0.4, -0.2) is 16.8 Å². The summed E-state index contributed by atoms with van der Waals surface area (Å²) >= 11 is 3.44. The maximum atomic E-state index is 13.5. The van der Waals surface area contributed by atoms with Gasteiger partial charge in [0.1, 0.15) is 0 Å². The van der Waals surface area contributed by atoms with E-state index >= 15 is 0 Å². The molecule has 158 valence electrons. The Hall–Kier alpha value is -3.28. The zero-order chi connectivity index (χ0) is 22.3. The Bertz CT molecular complexity index is 1350. The average molecular weight is 486 g/mol. The Morgan fingerprint density at radius 1 is 0.875 bits per heavy atom. The summed E-state index contributed by atoms with van der Waals surface area (Å²) < 4.78 is 0.738. The highest BCUT2D eigenvalue weighted by molar-refractivity contribution is 9.10. The van der Waals surface area contributed by atoms with Crippen LogP contribution >= 0.6 is 15.9 Å². The first kappa shape index (κ1) is 20.6. The van der Waals surface area contributed by atoms with Gasteiger partial charge in [-0.25, -0.2) is 0 Å². The van der Waals surface area contributed by atoms with Crippen LogP contribution in [0.3, 0.4) is 0 Å². The molecule has 4 nitrogen and oxygen atoms in total. The summed E-state index contributed by atoms with van der Waals surface area (Å²) in [6.07, 6.45) is -0.312. The van der Waals surface area contributed by atoms with Crippen LogP contribution in [0, 0.1) is 0 Å². The first-order valence-electron chi connectivity index (χ1n) is 10.4. The van der Waals surface area contributed by atoms with Crippen LogP contribution in [-0.2, 0) is 16.9 Å². The van der Waals surface area contributed by atoms with Crippen LogP contribution in [0.4, 0.5) is 5.69 Å². The van der Waals surface area contributed by atoms with Crippen molar-refractivity contribution in [1.82, 2.24) is 0 Å². The van der Waals surface area contributed by atoms with Gasteiger partial charge in [-0.05, 0) is 40.6 Å². The van der Waals surface area contributed by atoms with Crippen LogP contribution in [0.25, 0.3) is 10.8 Å². The van der Waals surface area contributed by atoms with Gasteiger partial charge in [0.15, 0.2) is 11.4 Å². The Morgan fingerprint density at radius 3 is 2.38 bits per heavy atom. The fourth-order valence-electron chi connectivity index (χ4n) is 4.33. The van der Waals surface area contributed by atoms with E-state index in [2.05, 4.69) is 15.9 Å². The van der Waals surface area contributed by atoms with Crippen molar-refractivity contribution in [2.45, 2.75) is 18.6 Å². The Morgan fingerprint density at radius 2 is 1.59 bits per heavy atom. The van der Waals surface area contributed by atoms with Gasteiger partial charge in [0.25, 0.3) is 5.91 Å². The Balaban J connectivity index is 1.52. The minimum absolute atomic E-state index is 0.278. The van der Waals surface area contributed by atoms with Crippen molar-refractivity contribution in [2.24, 2.45) is 0 Å². The predicted octanol–water partition coefficient (Wildman–Crippen LogP) is 5.61. The van der Waals surface area contributed by atoms with Crippen molar-refractivity contribution in [3.8, 4) is 0 Å². The molecule has 0 spiro atoms. The highest BCUT2D eigenvalue weighted by Crippen LogP contribution is 2.44. The molecule has 0 aromatic heterocycles. The largest absolute Gasteiger partial charge is 0.375 e. The highest BCUT2D eigenvalue weighted by Gasteiger charge is 2.51. The van der Waals surface area contributed by atoms with Gasteiger partial charge in [-0.2, -0.15) is 0 Å². The molecule has 4 aromatic carbocycles. The molecule has 1 amide bonds. The molecule has 1 N–H and O–H groups in total. The molecule has 5 rings (SSSR count). The van der Waals surface area contributed by atoms with Crippen LogP contribution in [0.1, 0.15) is 27.9 Å². The standard InChI is InChI=1S/C27H20BrNO3/c28-22-12-13-24-23(15-22)27(32,16-25(30)20-7-2-1-3-8-20)26(31)29(24)17-18-10-11-19-6-4-5-9-21(19)14-18/h1-15,32H,16-17H2/t27-/m0/s1. The first-order chi connectivity index (χ1) is 15.5. The molecule has 0 aliphatic carbocycles. The van der Waals surface area contributed by atoms with Crippen molar-refractivity contribution in [1.29, 1.82) is 0 Å². The molecule has 0 radical (unpaired) electrons. The molecular formula is C27H20BrNO3. The van der Waals surface area contributed by atoms with E-state index in [1.165, 1.54) is 0 Å². The van der Waals surface area contributed by atoms with Gasteiger partial charge in [-0.15, -0.1) is 0 Å². The zero-order valence-corrected chi connectivity index (χ0v) is 18.7. The maximum absolute atomic E-state index is 13.5. The van der Waals surface area contributed by atoms with Gasteiger partial charge in [0.05, 0.1) is 18.7 Å². The van der Waals surface area contributed by atoms with Crippen LogP contribution < -0.4 is 4.90 Å². The van der Waals surface area contributed by atoms with Gasteiger partial charge < -0.3 is 10.0 Å². The molecule has 32 heavy (non-hydrogen) atoms. The Kier molecular flexibility index (Phi) is 5.16. The van der Waals surface area contributed by atoms with E-state index in [1.54, 1.807) is 35.2 Å². The van der Waals surface area contributed by atoms with Crippen molar-refractivity contribution in [3.63, 3.8) is 0 Å². The average Bonchev–Trinajstić information content (AvgIpc) is 3.01. The SMILES string of the molecule is O=C(C[C@@]1(O)C(=O)N(Cc2ccc3ccccc3c2)c2ccc(Br)cc21)c1ccccc1. The molecule has 0 fully saturated rings. The number of fused-ring (bicyclic) bond motifs is 2. The number of rotatable bonds is 5. The van der Waals surface area contributed by atoms with Crippen molar-refractivity contribution >= 4 is 44.1 Å². The van der Waals surface area contributed by atoms with Gasteiger partial charge in [-0.1, -0.05) is 82.7 Å². The zero-order valence-electron chi connectivity index (χ0n) is 17.2. The number of aliphatic hydroxyl groups is 1. The van der Waals surface area contributed by atoms with Gasteiger partial charge in [0, 0.05) is 15.6 Å². The summed E-state index contributed by atoms with van der Waals surface area (Å²) in [6.45, 7) is 0.306. The molecule has 5 heteroatoms. The summed E-state index contributed by atoms with van der Waals surface area (Å²) in [5, 5.41) is 13.8. The quantitative estimate of drug-likeness (QED) is 0.373. The van der Waals surface area contributed by atoms with Gasteiger partial charge in [-0.3, -0.25) is 9.59 Å². The maximum Gasteiger partial charge on any atom is 0.264 e. The van der Waals surface area contributed by atoms with E-state index in [9.17, 15) is 14.7 Å². The lowest BCUT2D eigenvalue weighted by Gasteiger charge is -2.23. The second-order valence-corrected chi connectivity index (χ2v) is 8.98. The molecule has 1 atom stereocenters. The second-order valence-electron chi connectivity index (χ2n) is 8.06. The van der Waals surface area contributed by atoms with E-state index in [0.29, 0.717) is 23.4 Å². The molecule has 0 saturated carbocycles. The number of nitrogens with zero attached hydrogens (tertiary/aromatic N) is 1. The topological polar surface area (TPSA) is 57.6 Å². The lowest BCUT2D eigenvalue weighted by molar-refractivity contribution is -0.136. The van der Waals surface area contributed by atoms with Crippen molar-refractivity contribution < 1.29 is 14.7 Å². The number of carbonyl (C=O) groups excluding carboxylic acids is 2. The minimum atomic E-state index is -1.91. The second kappa shape index (κ2) is 8.01. The molecule has 1 aliphatic rings. The molecule has 1 heterocycles. The van der Waals surface area contributed by atoms with E-state index < -0.39 is 11.5 Å². The number of amides is 1. The van der Waals surface area contributed by atoms with Gasteiger partial charge >= 0.3 is 0 Å².